The van der Waals surface area contributed by atoms with Gasteiger partial charge in [0, 0.05) is 17.8 Å². The Balaban J connectivity index is 2.05. The number of aliphatic hydroxyl groups is 1. The van der Waals surface area contributed by atoms with Crippen LogP contribution in [-0.4, -0.2) is 23.5 Å². The molecule has 0 saturated heterocycles. The third-order valence-corrected chi connectivity index (χ3v) is 3.29. The summed E-state index contributed by atoms with van der Waals surface area (Å²) in [6, 6.07) is 15.3. The van der Waals surface area contributed by atoms with Gasteiger partial charge in [0.1, 0.15) is 0 Å². The normalized spacial score (nSPS) is 11.6. The quantitative estimate of drug-likeness (QED) is 0.767. The first-order chi connectivity index (χ1) is 11.1. The monoisotopic (exact) mass is 312 g/mol. The van der Waals surface area contributed by atoms with E-state index in [1.54, 1.807) is 48.5 Å². The van der Waals surface area contributed by atoms with Crippen LogP contribution >= 0.6 is 0 Å². The number of nitrogens with one attached hydrogen (secondary N) is 2. The van der Waals surface area contributed by atoms with E-state index in [0.29, 0.717) is 23.4 Å². The Bertz CT molecular complexity index is 671. The van der Waals surface area contributed by atoms with Gasteiger partial charge in [-0.1, -0.05) is 43.3 Å². The molecule has 2 aromatic carbocycles. The summed E-state index contributed by atoms with van der Waals surface area (Å²) in [7, 11) is 0. The van der Waals surface area contributed by atoms with Crippen LogP contribution in [-0.2, 0) is 4.79 Å². The second kappa shape index (κ2) is 8.10. The average Bonchev–Trinajstić information content (AvgIpc) is 2.60. The first-order valence-electron chi connectivity index (χ1n) is 7.54. The van der Waals surface area contributed by atoms with Crippen LogP contribution in [0, 0.1) is 0 Å². The number of hydrogen-bond donors (Lipinski definition) is 3. The van der Waals surface area contributed by atoms with Crippen LogP contribution in [0.4, 0.5) is 5.69 Å². The molecule has 120 valence electrons. The van der Waals surface area contributed by atoms with Crippen molar-refractivity contribution in [2.45, 2.75) is 19.4 Å². The number of carbonyl (C=O) groups excluding carboxylic acids is 2. The van der Waals surface area contributed by atoms with Crippen molar-refractivity contribution in [2.24, 2.45) is 0 Å². The Morgan fingerprint density at radius 2 is 1.83 bits per heavy atom. The van der Waals surface area contributed by atoms with Crippen molar-refractivity contribution < 1.29 is 14.7 Å². The molecule has 0 fully saturated rings. The van der Waals surface area contributed by atoms with Crippen molar-refractivity contribution in [2.75, 3.05) is 11.9 Å². The molecule has 0 radical (unpaired) electrons. The van der Waals surface area contributed by atoms with E-state index in [2.05, 4.69) is 10.6 Å². The van der Waals surface area contributed by atoms with Gasteiger partial charge in [0.05, 0.1) is 0 Å². The Kier molecular flexibility index (Phi) is 5.88. The molecule has 0 aliphatic heterocycles. The zero-order valence-corrected chi connectivity index (χ0v) is 13.0. The van der Waals surface area contributed by atoms with E-state index in [0.717, 1.165) is 6.42 Å². The molecule has 0 saturated carbocycles. The van der Waals surface area contributed by atoms with Crippen LogP contribution in [0.15, 0.2) is 54.6 Å². The molecule has 0 aromatic heterocycles. The number of benzene rings is 2. The lowest BCUT2D eigenvalue weighted by atomic mass is 10.1. The van der Waals surface area contributed by atoms with Gasteiger partial charge in [0.15, 0.2) is 6.10 Å². The van der Waals surface area contributed by atoms with Crippen LogP contribution in [0.2, 0.25) is 0 Å². The second-order valence-electron chi connectivity index (χ2n) is 5.14. The molecule has 0 bridgehead atoms. The number of hydrogen-bond acceptors (Lipinski definition) is 3. The molecular formula is C18H20N2O3. The predicted octanol–water partition coefficient (Wildman–Crippen LogP) is 2.50. The van der Waals surface area contributed by atoms with Gasteiger partial charge in [-0.05, 0) is 30.2 Å². The van der Waals surface area contributed by atoms with E-state index in [-0.39, 0.29) is 5.91 Å². The highest BCUT2D eigenvalue weighted by molar-refractivity contribution is 5.98. The standard InChI is InChI=1S/C18H20N2O3/c1-2-11-19-17(22)14-9-6-10-15(12-14)20-18(23)16(21)13-7-4-3-5-8-13/h3-10,12,16,21H,2,11H2,1H3,(H,19,22)(H,20,23). The third-order valence-electron chi connectivity index (χ3n) is 3.29. The Labute approximate surface area is 135 Å². The zero-order valence-electron chi connectivity index (χ0n) is 13.0. The number of amides is 2. The minimum absolute atomic E-state index is 0.188. The fourth-order valence-electron chi connectivity index (χ4n) is 2.08. The number of aliphatic hydroxyl groups excluding tert-OH is 1. The molecule has 5 nitrogen and oxygen atoms in total. The van der Waals surface area contributed by atoms with Gasteiger partial charge in [0.2, 0.25) is 0 Å². The number of rotatable bonds is 6. The summed E-state index contributed by atoms with van der Waals surface area (Å²) in [5.41, 5.74) is 1.45. The maximum absolute atomic E-state index is 12.1. The fraction of sp³-hybridized carbons (Fsp3) is 0.222. The van der Waals surface area contributed by atoms with E-state index >= 15 is 0 Å². The highest BCUT2D eigenvalue weighted by atomic mass is 16.3. The van der Waals surface area contributed by atoms with Gasteiger partial charge in [-0.15, -0.1) is 0 Å². The Morgan fingerprint density at radius 1 is 1.09 bits per heavy atom. The van der Waals surface area contributed by atoms with Crippen LogP contribution in [0.5, 0.6) is 0 Å². The molecule has 2 rings (SSSR count). The maximum Gasteiger partial charge on any atom is 0.257 e. The first kappa shape index (κ1) is 16.7. The lowest BCUT2D eigenvalue weighted by Crippen LogP contribution is -2.24. The molecular weight excluding hydrogens is 292 g/mol. The molecule has 1 unspecified atom stereocenters. The summed E-state index contributed by atoms with van der Waals surface area (Å²) in [5, 5.41) is 15.5. The van der Waals surface area contributed by atoms with Crippen molar-refractivity contribution in [1.29, 1.82) is 0 Å². The molecule has 1 atom stereocenters. The largest absolute Gasteiger partial charge is 0.378 e. The molecule has 0 aliphatic rings. The minimum atomic E-state index is -1.26. The van der Waals surface area contributed by atoms with Crippen molar-refractivity contribution in [3.63, 3.8) is 0 Å². The lowest BCUT2D eigenvalue weighted by molar-refractivity contribution is -0.124. The molecule has 5 heteroatoms. The summed E-state index contributed by atoms with van der Waals surface area (Å²) < 4.78 is 0. The Hall–Kier alpha value is -2.66. The van der Waals surface area contributed by atoms with Crippen molar-refractivity contribution in [1.82, 2.24) is 5.32 Å². The van der Waals surface area contributed by atoms with Crippen molar-refractivity contribution in [3.05, 3.63) is 65.7 Å². The topological polar surface area (TPSA) is 78.4 Å². The second-order valence-corrected chi connectivity index (χ2v) is 5.14. The van der Waals surface area contributed by atoms with E-state index < -0.39 is 12.0 Å². The first-order valence-corrected chi connectivity index (χ1v) is 7.54. The molecule has 2 amide bonds. The van der Waals surface area contributed by atoms with Crippen molar-refractivity contribution in [3.8, 4) is 0 Å². The van der Waals surface area contributed by atoms with Gasteiger partial charge >= 0.3 is 0 Å². The molecule has 2 aromatic rings. The van der Waals surface area contributed by atoms with Crippen molar-refractivity contribution >= 4 is 17.5 Å². The minimum Gasteiger partial charge on any atom is -0.378 e. The summed E-state index contributed by atoms with van der Waals surface area (Å²) in [4.78, 5) is 24.0. The maximum atomic E-state index is 12.1. The predicted molar refractivity (Wildman–Crippen MR) is 89.1 cm³/mol. The third kappa shape index (κ3) is 4.66. The van der Waals surface area contributed by atoms with Gasteiger partial charge < -0.3 is 15.7 Å². The highest BCUT2D eigenvalue weighted by Gasteiger charge is 2.17. The van der Waals surface area contributed by atoms with Gasteiger partial charge in [-0.2, -0.15) is 0 Å². The molecule has 0 aliphatic carbocycles. The highest BCUT2D eigenvalue weighted by Crippen LogP contribution is 2.16. The van der Waals surface area contributed by atoms with Crippen LogP contribution in [0.1, 0.15) is 35.4 Å². The van der Waals surface area contributed by atoms with E-state index in [1.165, 1.54) is 0 Å². The van der Waals surface area contributed by atoms with Gasteiger partial charge in [-0.25, -0.2) is 0 Å². The van der Waals surface area contributed by atoms with E-state index in [9.17, 15) is 14.7 Å². The summed E-state index contributed by atoms with van der Waals surface area (Å²) in [6.45, 7) is 2.57. The number of anilines is 1. The lowest BCUT2D eigenvalue weighted by Gasteiger charge is -2.12. The molecule has 23 heavy (non-hydrogen) atoms. The Morgan fingerprint density at radius 3 is 2.52 bits per heavy atom. The molecule has 0 spiro atoms. The van der Waals surface area contributed by atoms with Crippen LogP contribution in [0.25, 0.3) is 0 Å². The van der Waals surface area contributed by atoms with E-state index in [4.69, 9.17) is 0 Å². The molecule has 0 heterocycles. The molecule has 3 N–H and O–H groups in total. The summed E-state index contributed by atoms with van der Waals surface area (Å²) >= 11 is 0. The van der Waals surface area contributed by atoms with E-state index in [1.807, 2.05) is 13.0 Å². The fourth-order valence-corrected chi connectivity index (χ4v) is 2.08. The summed E-state index contributed by atoms with van der Waals surface area (Å²) in [5.74, 6) is -0.728. The zero-order chi connectivity index (χ0) is 16.7. The number of carbonyl (C=O) groups is 2. The van der Waals surface area contributed by atoms with Crippen LogP contribution in [0.3, 0.4) is 0 Å². The van der Waals surface area contributed by atoms with Crippen LogP contribution < -0.4 is 10.6 Å². The summed E-state index contributed by atoms with van der Waals surface area (Å²) in [6.07, 6.45) is -0.403. The smallest absolute Gasteiger partial charge is 0.257 e. The van der Waals surface area contributed by atoms with Gasteiger partial charge in [0.25, 0.3) is 11.8 Å². The average molecular weight is 312 g/mol. The SMILES string of the molecule is CCCNC(=O)c1cccc(NC(=O)C(O)c2ccccc2)c1. The van der Waals surface area contributed by atoms with Gasteiger partial charge in [-0.3, -0.25) is 9.59 Å².